The number of hydrogen-bond donors (Lipinski definition) is 2. The number of fused-ring (bicyclic) bond motifs is 1. The summed E-state index contributed by atoms with van der Waals surface area (Å²) in [7, 11) is 3.97. The highest BCUT2D eigenvalue weighted by Crippen LogP contribution is 2.29. The number of carbonyl (C=O) groups excluding carboxylic acids is 1. The van der Waals surface area contributed by atoms with E-state index in [0.717, 1.165) is 48.0 Å². The lowest BCUT2D eigenvalue weighted by molar-refractivity contribution is -0.126. The predicted octanol–water partition coefficient (Wildman–Crippen LogP) is 5.29. The van der Waals surface area contributed by atoms with E-state index in [1.807, 2.05) is 43.3 Å². The van der Waals surface area contributed by atoms with Crippen LogP contribution in [0.5, 0.6) is 0 Å². The summed E-state index contributed by atoms with van der Waals surface area (Å²) in [5.41, 5.74) is 1.74. The zero-order chi connectivity index (χ0) is 22.7. The summed E-state index contributed by atoms with van der Waals surface area (Å²) < 4.78 is 0. The summed E-state index contributed by atoms with van der Waals surface area (Å²) in [6.45, 7) is 0.384. The first-order chi connectivity index (χ1) is 15.4. The zero-order valence-electron chi connectivity index (χ0n) is 18.2. The number of carbonyl (C=O) groups is 1. The number of nitrogens with one attached hydrogen (secondary N) is 2. The normalized spacial score (nSPS) is 18.4. The largest absolute Gasteiger partial charge is 0.362 e. The molecule has 0 aliphatic heterocycles. The third-order valence-corrected chi connectivity index (χ3v) is 6.50. The molecule has 1 fully saturated rings. The summed E-state index contributed by atoms with van der Waals surface area (Å²) in [5, 5.41) is 8.74. The number of para-hydroxylation sites is 1. The van der Waals surface area contributed by atoms with Crippen LogP contribution in [0.15, 0.2) is 42.5 Å². The summed E-state index contributed by atoms with van der Waals surface area (Å²) in [6, 6.07) is 13.5. The summed E-state index contributed by atoms with van der Waals surface area (Å²) in [6.07, 6.45) is 3.43. The van der Waals surface area contributed by atoms with Crippen molar-refractivity contribution in [3.63, 3.8) is 0 Å². The van der Waals surface area contributed by atoms with E-state index in [9.17, 15) is 4.79 Å². The van der Waals surface area contributed by atoms with Crippen molar-refractivity contribution in [1.29, 1.82) is 0 Å². The second-order valence-electron chi connectivity index (χ2n) is 8.43. The van der Waals surface area contributed by atoms with Crippen molar-refractivity contribution in [3.8, 4) is 0 Å². The number of benzene rings is 2. The molecule has 8 heteroatoms. The van der Waals surface area contributed by atoms with Gasteiger partial charge in [0.2, 0.25) is 11.9 Å². The van der Waals surface area contributed by atoms with Gasteiger partial charge in [-0.2, -0.15) is 4.98 Å². The molecule has 0 radical (unpaired) electrons. The lowest BCUT2D eigenvalue weighted by Crippen LogP contribution is -2.36. The van der Waals surface area contributed by atoms with E-state index in [4.69, 9.17) is 33.2 Å². The monoisotopic (exact) mass is 471 g/mol. The molecule has 3 aromatic rings. The molecule has 1 heterocycles. The van der Waals surface area contributed by atoms with Crippen molar-refractivity contribution < 1.29 is 4.79 Å². The number of aromatic nitrogens is 2. The van der Waals surface area contributed by atoms with Crippen LogP contribution in [-0.4, -0.2) is 36.0 Å². The molecule has 168 valence electrons. The Balaban J connectivity index is 1.34. The van der Waals surface area contributed by atoms with Crippen LogP contribution in [0.2, 0.25) is 10.0 Å². The van der Waals surface area contributed by atoms with Crippen LogP contribution >= 0.6 is 23.2 Å². The fraction of sp³-hybridized carbons (Fsp3) is 0.375. The lowest BCUT2D eigenvalue weighted by atomic mass is 9.85. The van der Waals surface area contributed by atoms with Crippen molar-refractivity contribution in [1.82, 2.24) is 15.3 Å². The van der Waals surface area contributed by atoms with Crippen LogP contribution in [0.3, 0.4) is 0 Å². The van der Waals surface area contributed by atoms with E-state index in [1.54, 1.807) is 18.2 Å². The Hall–Kier alpha value is -2.57. The first-order valence-electron chi connectivity index (χ1n) is 10.8. The molecule has 6 nitrogen and oxygen atoms in total. The van der Waals surface area contributed by atoms with Gasteiger partial charge >= 0.3 is 0 Å². The molecule has 2 aromatic carbocycles. The van der Waals surface area contributed by atoms with E-state index in [0.29, 0.717) is 22.5 Å². The molecule has 0 atom stereocenters. The number of hydrogen-bond acceptors (Lipinski definition) is 5. The third-order valence-electron chi connectivity index (χ3n) is 5.90. The Morgan fingerprint density at radius 1 is 1.06 bits per heavy atom. The number of nitrogens with zero attached hydrogens (tertiary/aromatic N) is 3. The fourth-order valence-corrected chi connectivity index (χ4v) is 4.53. The third kappa shape index (κ3) is 5.25. The summed E-state index contributed by atoms with van der Waals surface area (Å²) in [4.78, 5) is 24.1. The minimum atomic E-state index is 0.000803. The van der Waals surface area contributed by atoms with Gasteiger partial charge in [0.15, 0.2) is 0 Å². The molecule has 1 aliphatic rings. The molecule has 2 N–H and O–H groups in total. The van der Waals surface area contributed by atoms with E-state index in [-0.39, 0.29) is 17.9 Å². The van der Waals surface area contributed by atoms with Crippen molar-refractivity contribution in [2.75, 3.05) is 24.3 Å². The molecular formula is C24H27Cl2N5O. The minimum absolute atomic E-state index is 0.000803. The van der Waals surface area contributed by atoms with Crippen LogP contribution in [0.1, 0.15) is 31.2 Å². The van der Waals surface area contributed by atoms with Crippen molar-refractivity contribution in [2.24, 2.45) is 5.92 Å². The van der Waals surface area contributed by atoms with Crippen LogP contribution in [0, 0.1) is 5.92 Å². The molecule has 0 bridgehead atoms. The topological polar surface area (TPSA) is 70.2 Å². The van der Waals surface area contributed by atoms with E-state index >= 15 is 0 Å². The number of amides is 1. The molecule has 1 aromatic heterocycles. The van der Waals surface area contributed by atoms with Gasteiger partial charge in [-0.15, -0.1) is 0 Å². The average molecular weight is 472 g/mol. The standard InChI is InChI=1S/C24H27Cl2N5O/c1-31(2)22-19-5-3-4-6-21(19)29-24(30-22)28-18-10-7-15(8-11-18)23(32)27-14-16-13-17(25)9-12-20(16)26/h3-6,9,12-13,15,18H,7-8,10-11,14H2,1-2H3,(H,27,32)(H,28,29,30)/t15-,18+. The molecule has 0 saturated heterocycles. The van der Waals surface area contributed by atoms with Crippen molar-refractivity contribution >= 4 is 51.8 Å². The summed E-state index contributed by atoms with van der Waals surface area (Å²) in [5.74, 6) is 1.60. The highest BCUT2D eigenvalue weighted by Gasteiger charge is 2.27. The Morgan fingerprint density at radius 2 is 1.81 bits per heavy atom. The summed E-state index contributed by atoms with van der Waals surface area (Å²) >= 11 is 12.2. The highest BCUT2D eigenvalue weighted by molar-refractivity contribution is 6.33. The molecule has 1 amide bonds. The molecular weight excluding hydrogens is 445 g/mol. The van der Waals surface area contributed by atoms with E-state index in [1.165, 1.54) is 0 Å². The van der Waals surface area contributed by atoms with E-state index < -0.39 is 0 Å². The van der Waals surface area contributed by atoms with Gasteiger partial charge in [0.1, 0.15) is 5.82 Å². The van der Waals surface area contributed by atoms with Gasteiger partial charge < -0.3 is 15.5 Å². The van der Waals surface area contributed by atoms with Gasteiger partial charge in [0.05, 0.1) is 5.52 Å². The maximum Gasteiger partial charge on any atom is 0.225 e. The number of anilines is 2. The van der Waals surface area contributed by atoms with Crippen LogP contribution in [0.4, 0.5) is 11.8 Å². The molecule has 4 rings (SSSR count). The minimum Gasteiger partial charge on any atom is -0.362 e. The van der Waals surface area contributed by atoms with Gasteiger partial charge in [-0.25, -0.2) is 4.98 Å². The Labute approximate surface area is 198 Å². The SMILES string of the molecule is CN(C)c1nc(N[C@H]2CC[C@@H](C(=O)NCc3cc(Cl)ccc3Cl)CC2)nc2ccccc12. The van der Waals surface area contributed by atoms with Crippen LogP contribution in [0.25, 0.3) is 10.9 Å². The smallest absolute Gasteiger partial charge is 0.225 e. The zero-order valence-corrected chi connectivity index (χ0v) is 19.7. The average Bonchev–Trinajstić information content (AvgIpc) is 2.79. The second kappa shape index (κ2) is 9.92. The maximum absolute atomic E-state index is 12.7. The first-order valence-corrected chi connectivity index (χ1v) is 11.6. The Bertz CT molecular complexity index is 1110. The molecule has 0 unspecified atom stereocenters. The van der Waals surface area contributed by atoms with Gasteiger partial charge in [0, 0.05) is 48.0 Å². The van der Waals surface area contributed by atoms with Crippen LogP contribution < -0.4 is 15.5 Å². The molecule has 1 saturated carbocycles. The van der Waals surface area contributed by atoms with Gasteiger partial charge in [-0.05, 0) is 61.6 Å². The highest BCUT2D eigenvalue weighted by atomic mass is 35.5. The van der Waals surface area contributed by atoms with Gasteiger partial charge in [-0.3, -0.25) is 4.79 Å². The number of halogens is 2. The van der Waals surface area contributed by atoms with Crippen molar-refractivity contribution in [3.05, 3.63) is 58.1 Å². The maximum atomic E-state index is 12.7. The van der Waals surface area contributed by atoms with Crippen LogP contribution in [-0.2, 0) is 11.3 Å². The molecule has 0 spiro atoms. The quantitative estimate of drug-likeness (QED) is 0.510. The van der Waals surface area contributed by atoms with E-state index in [2.05, 4.69) is 10.6 Å². The molecule has 1 aliphatic carbocycles. The van der Waals surface area contributed by atoms with Gasteiger partial charge in [-0.1, -0.05) is 35.3 Å². The predicted molar refractivity (Wildman–Crippen MR) is 132 cm³/mol. The lowest BCUT2D eigenvalue weighted by Gasteiger charge is -2.28. The fourth-order valence-electron chi connectivity index (χ4n) is 4.15. The molecule has 32 heavy (non-hydrogen) atoms. The Kier molecular flexibility index (Phi) is 7.01. The van der Waals surface area contributed by atoms with Gasteiger partial charge in [0.25, 0.3) is 0 Å². The Morgan fingerprint density at radius 3 is 2.56 bits per heavy atom. The first kappa shape index (κ1) is 22.6. The number of rotatable bonds is 6. The second-order valence-corrected chi connectivity index (χ2v) is 9.27. The van der Waals surface area contributed by atoms with Crippen molar-refractivity contribution in [2.45, 2.75) is 38.3 Å².